The summed E-state index contributed by atoms with van der Waals surface area (Å²) >= 11 is 0. The molecular weight excluding hydrogens is 352 g/mol. The molecule has 0 saturated heterocycles. The molecule has 28 heavy (non-hydrogen) atoms. The van der Waals surface area contributed by atoms with Crippen molar-refractivity contribution in [1.82, 2.24) is 9.80 Å². The number of hydrogen-bond donors (Lipinski definition) is 1. The lowest BCUT2D eigenvalue weighted by Crippen LogP contribution is -2.44. The Morgan fingerprint density at radius 3 is 2.68 bits per heavy atom. The molecule has 1 atom stereocenters. The van der Waals surface area contributed by atoms with Crippen molar-refractivity contribution in [2.24, 2.45) is 0 Å². The molecular formula is C23H28N2O3. The molecule has 0 spiro atoms. The Morgan fingerprint density at radius 2 is 1.86 bits per heavy atom. The first-order valence-corrected chi connectivity index (χ1v) is 10.1. The summed E-state index contributed by atoms with van der Waals surface area (Å²) in [6.45, 7) is 3.46. The van der Waals surface area contributed by atoms with E-state index in [4.69, 9.17) is 4.74 Å². The molecule has 2 aromatic rings. The lowest BCUT2D eigenvalue weighted by Gasteiger charge is -2.32. The van der Waals surface area contributed by atoms with Gasteiger partial charge in [0.1, 0.15) is 5.75 Å². The van der Waals surface area contributed by atoms with E-state index in [0.29, 0.717) is 19.6 Å². The molecule has 2 aliphatic rings. The predicted molar refractivity (Wildman–Crippen MR) is 109 cm³/mol. The van der Waals surface area contributed by atoms with Crippen LogP contribution >= 0.6 is 0 Å². The van der Waals surface area contributed by atoms with Crippen LogP contribution < -0.4 is 4.74 Å². The minimum Gasteiger partial charge on any atom is -0.497 e. The standard InChI is InChI=1S/C23H28N2O3/c1-28-21-8-9-22-18(13-21)7-4-11-25(23(22)27)16-20(26)15-24-12-10-17-5-2-3-6-19(17)14-24/h2-3,5-6,8-9,13,20,26H,4,7,10-12,14-16H2,1H3. The van der Waals surface area contributed by atoms with Gasteiger partial charge in [-0.2, -0.15) is 0 Å². The number of aliphatic hydroxyl groups is 1. The van der Waals surface area contributed by atoms with Gasteiger partial charge in [-0.3, -0.25) is 9.69 Å². The molecule has 2 aromatic carbocycles. The first-order valence-electron chi connectivity index (χ1n) is 10.1. The highest BCUT2D eigenvalue weighted by atomic mass is 16.5. The second-order valence-electron chi connectivity index (χ2n) is 7.79. The molecule has 0 saturated carbocycles. The van der Waals surface area contributed by atoms with Crippen molar-refractivity contribution in [3.8, 4) is 5.75 Å². The zero-order valence-corrected chi connectivity index (χ0v) is 16.4. The van der Waals surface area contributed by atoms with E-state index in [0.717, 1.165) is 49.2 Å². The summed E-state index contributed by atoms with van der Waals surface area (Å²) in [5, 5.41) is 10.7. The van der Waals surface area contributed by atoms with Gasteiger partial charge in [0.05, 0.1) is 13.2 Å². The number of hydrogen-bond acceptors (Lipinski definition) is 4. The van der Waals surface area contributed by atoms with Crippen molar-refractivity contribution in [3.63, 3.8) is 0 Å². The number of aliphatic hydroxyl groups excluding tert-OH is 1. The van der Waals surface area contributed by atoms with E-state index < -0.39 is 6.10 Å². The molecule has 2 heterocycles. The smallest absolute Gasteiger partial charge is 0.254 e. The van der Waals surface area contributed by atoms with E-state index in [2.05, 4.69) is 29.2 Å². The van der Waals surface area contributed by atoms with Crippen molar-refractivity contribution in [1.29, 1.82) is 0 Å². The number of β-amino-alcohol motifs (C(OH)–C–C–N with tert-alkyl or cyclic N) is 1. The Labute approximate surface area is 166 Å². The van der Waals surface area contributed by atoms with Crippen LogP contribution in [0.25, 0.3) is 0 Å². The van der Waals surface area contributed by atoms with Crippen LogP contribution in [0.15, 0.2) is 42.5 Å². The third kappa shape index (κ3) is 4.05. The van der Waals surface area contributed by atoms with Gasteiger partial charge in [-0.25, -0.2) is 0 Å². The third-order valence-electron chi connectivity index (χ3n) is 5.81. The average molecular weight is 380 g/mol. The van der Waals surface area contributed by atoms with Crippen LogP contribution in [0.2, 0.25) is 0 Å². The number of fused-ring (bicyclic) bond motifs is 2. The lowest BCUT2D eigenvalue weighted by molar-refractivity contribution is 0.0513. The van der Waals surface area contributed by atoms with Crippen LogP contribution in [0.4, 0.5) is 0 Å². The van der Waals surface area contributed by atoms with Gasteiger partial charge < -0.3 is 14.7 Å². The van der Waals surface area contributed by atoms with Gasteiger partial charge in [-0.15, -0.1) is 0 Å². The van der Waals surface area contributed by atoms with Crippen LogP contribution in [0, 0.1) is 0 Å². The second kappa shape index (κ2) is 8.33. The number of carbonyl (C=O) groups excluding carboxylic acids is 1. The molecule has 0 aromatic heterocycles. The second-order valence-corrected chi connectivity index (χ2v) is 7.79. The minimum atomic E-state index is -0.547. The number of nitrogens with zero attached hydrogens (tertiary/aromatic N) is 2. The number of ether oxygens (including phenoxy) is 1. The molecule has 148 valence electrons. The van der Waals surface area contributed by atoms with Gasteiger partial charge in [0.2, 0.25) is 0 Å². The molecule has 1 amide bonds. The maximum atomic E-state index is 13.0. The zero-order valence-electron chi connectivity index (χ0n) is 16.4. The number of aryl methyl sites for hydroxylation is 1. The molecule has 0 aliphatic carbocycles. The maximum absolute atomic E-state index is 13.0. The van der Waals surface area contributed by atoms with Gasteiger partial charge in [-0.1, -0.05) is 24.3 Å². The summed E-state index contributed by atoms with van der Waals surface area (Å²) in [6.07, 6.45) is 2.22. The summed E-state index contributed by atoms with van der Waals surface area (Å²) in [4.78, 5) is 17.1. The molecule has 2 aliphatic heterocycles. The van der Waals surface area contributed by atoms with E-state index in [9.17, 15) is 9.90 Å². The summed E-state index contributed by atoms with van der Waals surface area (Å²) in [7, 11) is 1.64. The summed E-state index contributed by atoms with van der Waals surface area (Å²) < 4.78 is 5.29. The average Bonchev–Trinajstić information content (AvgIpc) is 2.86. The van der Waals surface area contributed by atoms with Gasteiger partial charge >= 0.3 is 0 Å². The van der Waals surface area contributed by atoms with Gasteiger partial charge in [0, 0.05) is 38.3 Å². The van der Waals surface area contributed by atoms with Gasteiger partial charge in [-0.05, 0) is 54.2 Å². The fraction of sp³-hybridized carbons (Fsp3) is 0.435. The van der Waals surface area contributed by atoms with E-state index in [-0.39, 0.29) is 5.91 Å². The molecule has 0 radical (unpaired) electrons. The number of carbonyl (C=O) groups is 1. The maximum Gasteiger partial charge on any atom is 0.254 e. The molecule has 5 nitrogen and oxygen atoms in total. The molecule has 0 bridgehead atoms. The van der Waals surface area contributed by atoms with E-state index in [1.165, 1.54) is 11.1 Å². The highest BCUT2D eigenvalue weighted by Gasteiger charge is 2.26. The van der Waals surface area contributed by atoms with E-state index >= 15 is 0 Å². The molecule has 5 heteroatoms. The Bertz CT molecular complexity index is 851. The Kier molecular flexibility index (Phi) is 5.64. The highest BCUT2D eigenvalue weighted by molar-refractivity contribution is 5.96. The number of benzene rings is 2. The summed E-state index contributed by atoms with van der Waals surface area (Å²) in [6, 6.07) is 14.1. The van der Waals surface area contributed by atoms with Crippen molar-refractivity contribution in [2.75, 3.05) is 33.3 Å². The molecule has 1 N–H and O–H groups in total. The van der Waals surface area contributed by atoms with Crippen LogP contribution in [0.5, 0.6) is 5.75 Å². The Morgan fingerprint density at radius 1 is 1.04 bits per heavy atom. The Balaban J connectivity index is 1.39. The van der Waals surface area contributed by atoms with Gasteiger partial charge in [0.25, 0.3) is 5.91 Å². The normalized spacial score (nSPS) is 18.2. The largest absolute Gasteiger partial charge is 0.497 e. The van der Waals surface area contributed by atoms with Crippen LogP contribution in [-0.2, 0) is 19.4 Å². The zero-order chi connectivity index (χ0) is 19.5. The first-order chi connectivity index (χ1) is 13.6. The van der Waals surface area contributed by atoms with Crippen molar-refractivity contribution in [3.05, 3.63) is 64.7 Å². The van der Waals surface area contributed by atoms with Gasteiger partial charge in [0.15, 0.2) is 0 Å². The Hall–Kier alpha value is -2.37. The van der Waals surface area contributed by atoms with Crippen LogP contribution in [0.1, 0.15) is 33.5 Å². The van der Waals surface area contributed by atoms with Crippen molar-refractivity contribution >= 4 is 5.91 Å². The minimum absolute atomic E-state index is 0.0122. The quantitative estimate of drug-likeness (QED) is 0.866. The monoisotopic (exact) mass is 380 g/mol. The molecule has 0 fully saturated rings. The van der Waals surface area contributed by atoms with E-state index in [1.807, 2.05) is 18.2 Å². The third-order valence-corrected chi connectivity index (χ3v) is 5.81. The predicted octanol–water partition coefficient (Wildman–Crippen LogP) is 2.50. The fourth-order valence-corrected chi connectivity index (χ4v) is 4.34. The fourth-order valence-electron chi connectivity index (χ4n) is 4.34. The van der Waals surface area contributed by atoms with Crippen molar-refractivity contribution in [2.45, 2.75) is 31.9 Å². The van der Waals surface area contributed by atoms with E-state index in [1.54, 1.807) is 12.0 Å². The number of methoxy groups -OCH3 is 1. The summed E-state index contributed by atoms with van der Waals surface area (Å²) in [5.41, 5.74) is 4.52. The SMILES string of the molecule is COc1ccc2c(c1)CCCN(CC(O)CN1CCc3ccccc3C1)C2=O. The lowest BCUT2D eigenvalue weighted by atomic mass is 10.00. The number of amides is 1. The molecule has 1 unspecified atom stereocenters. The molecule has 4 rings (SSSR count). The topological polar surface area (TPSA) is 53.0 Å². The van der Waals surface area contributed by atoms with Crippen LogP contribution in [-0.4, -0.2) is 60.2 Å². The van der Waals surface area contributed by atoms with Crippen LogP contribution in [0.3, 0.4) is 0 Å². The highest BCUT2D eigenvalue weighted by Crippen LogP contribution is 2.24. The first kappa shape index (κ1) is 19.0. The number of rotatable bonds is 5. The van der Waals surface area contributed by atoms with Crippen molar-refractivity contribution < 1.29 is 14.6 Å². The summed E-state index contributed by atoms with van der Waals surface area (Å²) in [5.74, 6) is 0.795.